The van der Waals surface area contributed by atoms with Crippen LogP contribution in [0.25, 0.3) is 11.4 Å². The van der Waals surface area contributed by atoms with Crippen LogP contribution in [0.4, 0.5) is 4.79 Å². The zero-order chi connectivity index (χ0) is 14.2. The third-order valence-corrected chi connectivity index (χ3v) is 2.60. The van der Waals surface area contributed by atoms with E-state index < -0.39 is 0 Å². The van der Waals surface area contributed by atoms with Crippen molar-refractivity contribution >= 4 is 6.03 Å². The van der Waals surface area contributed by atoms with Gasteiger partial charge in [-0.3, -0.25) is 9.67 Å². The van der Waals surface area contributed by atoms with E-state index >= 15 is 0 Å². The zero-order valence-electron chi connectivity index (χ0n) is 11.1. The molecular weight excluding hydrogens is 254 g/mol. The van der Waals surface area contributed by atoms with Crippen molar-refractivity contribution in [2.45, 2.75) is 6.54 Å². The molecule has 0 aliphatic rings. The lowest BCUT2D eigenvalue weighted by Crippen LogP contribution is -2.37. The molecule has 20 heavy (non-hydrogen) atoms. The first-order valence-electron chi connectivity index (χ1n) is 6.37. The molecule has 104 valence electrons. The van der Waals surface area contributed by atoms with Crippen molar-refractivity contribution in [3.63, 3.8) is 0 Å². The van der Waals surface area contributed by atoms with Gasteiger partial charge in [-0.2, -0.15) is 5.10 Å². The molecule has 6 heteroatoms. The number of aromatic nitrogens is 3. The molecule has 0 saturated heterocycles. The maximum atomic E-state index is 11.3. The molecular formula is C14H17N5O. The van der Waals surface area contributed by atoms with Gasteiger partial charge in [0.2, 0.25) is 0 Å². The summed E-state index contributed by atoms with van der Waals surface area (Å²) in [7, 11) is 0. The first-order valence-corrected chi connectivity index (χ1v) is 6.37. The Morgan fingerprint density at radius 2 is 2.20 bits per heavy atom. The molecule has 0 atom stereocenters. The van der Waals surface area contributed by atoms with Gasteiger partial charge in [0.05, 0.1) is 12.2 Å². The van der Waals surface area contributed by atoms with Crippen LogP contribution in [0, 0.1) is 0 Å². The van der Waals surface area contributed by atoms with E-state index in [-0.39, 0.29) is 6.03 Å². The second-order valence-electron chi connectivity index (χ2n) is 4.10. The van der Waals surface area contributed by atoms with Crippen LogP contribution in [-0.4, -0.2) is 33.9 Å². The Bertz CT molecular complexity index is 564. The predicted molar refractivity (Wildman–Crippen MR) is 77.1 cm³/mol. The summed E-state index contributed by atoms with van der Waals surface area (Å²) in [5.74, 6) is 0. The number of rotatable bonds is 6. The minimum Gasteiger partial charge on any atom is -0.336 e. The van der Waals surface area contributed by atoms with Crippen molar-refractivity contribution in [1.29, 1.82) is 0 Å². The average molecular weight is 271 g/mol. The van der Waals surface area contributed by atoms with Crippen molar-refractivity contribution in [1.82, 2.24) is 25.4 Å². The molecule has 2 aromatic rings. The number of carbonyl (C=O) groups is 1. The van der Waals surface area contributed by atoms with Gasteiger partial charge in [0, 0.05) is 25.5 Å². The maximum absolute atomic E-state index is 11.3. The van der Waals surface area contributed by atoms with E-state index in [4.69, 9.17) is 0 Å². The molecule has 2 amide bonds. The van der Waals surface area contributed by atoms with E-state index in [1.807, 2.05) is 30.5 Å². The van der Waals surface area contributed by atoms with Gasteiger partial charge in [-0.05, 0) is 18.2 Å². The molecule has 2 N–H and O–H groups in total. The van der Waals surface area contributed by atoms with E-state index in [9.17, 15) is 4.79 Å². The first kappa shape index (κ1) is 13.8. The lowest BCUT2D eigenvalue weighted by Gasteiger charge is -2.05. The molecule has 0 spiro atoms. The Kier molecular flexibility index (Phi) is 4.88. The Morgan fingerprint density at radius 1 is 1.30 bits per heavy atom. The van der Waals surface area contributed by atoms with E-state index in [1.54, 1.807) is 17.0 Å². The quantitative estimate of drug-likeness (QED) is 0.781. The highest BCUT2D eigenvalue weighted by Crippen LogP contribution is 2.12. The molecule has 0 aliphatic carbocycles. The number of carbonyl (C=O) groups excluding carboxylic acids is 1. The standard InChI is InChI=1S/C14H17N5O/c1-2-7-16-14(20)17-9-11-19-10-6-13(18-19)12-5-3-4-8-15-12/h2-6,8,10H,1,7,9,11H2,(H2,16,17,20). The molecule has 2 aromatic heterocycles. The third-order valence-electron chi connectivity index (χ3n) is 2.60. The van der Waals surface area contributed by atoms with Crippen molar-refractivity contribution in [3.8, 4) is 11.4 Å². The van der Waals surface area contributed by atoms with Crippen LogP contribution in [0.2, 0.25) is 0 Å². The van der Waals surface area contributed by atoms with Gasteiger partial charge in [-0.25, -0.2) is 4.79 Å². The summed E-state index contributed by atoms with van der Waals surface area (Å²) in [5, 5.41) is 9.79. The lowest BCUT2D eigenvalue weighted by atomic mass is 10.3. The number of amides is 2. The Hall–Kier alpha value is -2.63. The Morgan fingerprint density at radius 3 is 2.95 bits per heavy atom. The molecule has 0 radical (unpaired) electrons. The highest BCUT2D eigenvalue weighted by Gasteiger charge is 2.03. The molecule has 0 saturated carbocycles. The molecule has 2 rings (SSSR count). The van der Waals surface area contributed by atoms with E-state index in [2.05, 4.69) is 27.3 Å². The number of nitrogens with one attached hydrogen (secondary N) is 2. The molecule has 0 unspecified atom stereocenters. The minimum atomic E-state index is -0.206. The van der Waals surface area contributed by atoms with Gasteiger partial charge in [-0.1, -0.05) is 12.1 Å². The lowest BCUT2D eigenvalue weighted by molar-refractivity contribution is 0.241. The zero-order valence-corrected chi connectivity index (χ0v) is 11.1. The van der Waals surface area contributed by atoms with Crippen LogP contribution < -0.4 is 10.6 Å². The van der Waals surface area contributed by atoms with Gasteiger partial charge in [0.15, 0.2) is 0 Å². The summed E-state index contributed by atoms with van der Waals surface area (Å²) < 4.78 is 1.78. The minimum absolute atomic E-state index is 0.206. The second kappa shape index (κ2) is 7.08. The molecule has 0 fully saturated rings. The largest absolute Gasteiger partial charge is 0.336 e. The molecule has 0 aliphatic heterocycles. The molecule has 0 aromatic carbocycles. The van der Waals surface area contributed by atoms with E-state index in [0.29, 0.717) is 19.6 Å². The topological polar surface area (TPSA) is 71.8 Å². The van der Waals surface area contributed by atoms with Crippen LogP contribution in [0.1, 0.15) is 0 Å². The fourth-order valence-corrected chi connectivity index (χ4v) is 1.65. The Balaban J connectivity index is 1.82. The fraction of sp³-hybridized carbons (Fsp3) is 0.214. The second-order valence-corrected chi connectivity index (χ2v) is 4.10. The smallest absolute Gasteiger partial charge is 0.315 e. The van der Waals surface area contributed by atoms with Gasteiger partial charge in [0.1, 0.15) is 5.69 Å². The first-order chi connectivity index (χ1) is 9.79. The van der Waals surface area contributed by atoms with E-state index in [1.165, 1.54) is 0 Å². The van der Waals surface area contributed by atoms with Crippen LogP contribution in [-0.2, 0) is 6.54 Å². The normalized spacial score (nSPS) is 10.0. The van der Waals surface area contributed by atoms with Gasteiger partial charge < -0.3 is 10.6 Å². The number of nitrogens with zero attached hydrogens (tertiary/aromatic N) is 3. The molecule has 6 nitrogen and oxygen atoms in total. The van der Waals surface area contributed by atoms with Crippen molar-refractivity contribution < 1.29 is 4.79 Å². The van der Waals surface area contributed by atoms with Crippen LogP contribution >= 0.6 is 0 Å². The van der Waals surface area contributed by atoms with Crippen molar-refractivity contribution in [2.24, 2.45) is 0 Å². The van der Waals surface area contributed by atoms with Gasteiger partial charge in [0.25, 0.3) is 0 Å². The van der Waals surface area contributed by atoms with Crippen molar-refractivity contribution in [3.05, 3.63) is 49.3 Å². The molecule has 0 bridgehead atoms. The summed E-state index contributed by atoms with van der Waals surface area (Å²) in [6.07, 6.45) is 5.24. The van der Waals surface area contributed by atoms with Crippen LogP contribution in [0.3, 0.4) is 0 Å². The van der Waals surface area contributed by atoms with E-state index in [0.717, 1.165) is 11.4 Å². The number of pyridine rings is 1. The highest BCUT2D eigenvalue weighted by atomic mass is 16.2. The molecule has 2 heterocycles. The third kappa shape index (κ3) is 3.94. The maximum Gasteiger partial charge on any atom is 0.315 e. The monoisotopic (exact) mass is 271 g/mol. The summed E-state index contributed by atoms with van der Waals surface area (Å²) in [6.45, 7) is 5.10. The fourth-order valence-electron chi connectivity index (χ4n) is 1.65. The van der Waals surface area contributed by atoms with Crippen LogP contribution in [0.5, 0.6) is 0 Å². The number of hydrogen-bond donors (Lipinski definition) is 2. The van der Waals surface area contributed by atoms with Gasteiger partial charge >= 0.3 is 6.03 Å². The highest BCUT2D eigenvalue weighted by molar-refractivity contribution is 5.73. The summed E-state index contributed by atoms with van der Waals surface area (Å²) in [6, 6.07) is 7.40. The summed E-state index contributed by atoms with van der Waals surface area (Å²) in [5.41, 5.74) is 1.66. The summed E-state index contributed by atoms with van der Waals surface area (Å²) >= 11 is 0. The summed E-state index contributed by atoms with van der Waals surface area (Å²) in [4.78, 5) is 15.5. The predicted octanol–water partition coefficient (Wildman–Crippen LogP) is 1.43. The van der Waals surface area contributed by atoms with Gasteiger partial charge in [-0.15, -0.1) is 6.58 Å². The number of hydrogen-bond acceptors (Lipinski definition) is 3. The number of urea groups is 1. The SMILES string of the molecule is C=CCNC(=O)NCCn1ccc(-c2ccccn2)n1. The Labute approximate surface area is 117 Å². The van der Waals surface area contributed by atoms with Crippen molar-refractivity contribution in [2.75, 3.05) is 13.1 Å². The average Bonchev–Trinajstić information content (AvgIpc) is 2.95. The van der Waals surface area contributed by atoms with Crippen LogP contribution in [0.15, 0.2) is 49.3 Å².